The van der Waals surface area contributed by atoms with E-state index in [0.29, 0.717) is 27.7 Å². The van der Waals surface area contributed by atoms with Crippen molar-refractivity contribution in [2.75, 3.05) is 24.3 Å². The van der Waals surface area contributed by atoms with E-state index in [2.05, 4.69) is 32.5 Å². The fourth-order valence-electron chi connectivity index (χ4n) is 4.61. The smallest absolute Gasteiger partial charge is 1.00 e. The molecular weight excluding hydrogens is 621 g/mol. The predicted octanol–water partition coefficient (Wildman–Crippen LogP) is -3.98. The molecule has 6 atom stereocenters. The molecule has 0 radical (unpaired) electrons. The molecule has 0 aliphatic heterocycles. The molecule has 216 valence electrons. The number of nitrogens with zero attached hydrogens (tertiary/aromatic N) is 5. The average molecular weight is 649 g/mol. The summed E-state index contributed by atoms with van der Waals surface area (Å²) in [4.78, 5) is 9.27. The fourth-order valence-corrected chi connectivity index (χ4v) is 5.31. The van der Waals surface area contributed by atoms with Gasteiger partial charge in [0.05, 0.1) is 25.4 Å². The second-order valence-corrected chi connectivity index (χ2v) is 10.2. The Morgan fingerprint density at radius 2 is 1.90 bits per heavy atom. The van der Waals surface area contributed by atoms with E-state index in [1.807, 2.05) is 0 Å². The molecule has 0 spiro atoms. The van der Waals surface area contributed by atoms with Crippen LogP contribution in [0.5, 0.6) is 0 Å². The minimum Gasteiger partial charge on any atom is -1.00 e. The number of hydrogen-bond donors (Lipinski definition) is 4. The average Bonchev–Trinajstić information content (AvgIpc) is 3.41. The van der Waals surface area contributed by atoms with Crippen LogP contribution in [0.1, 0.15) is 43.7 Å². The number of aliphatic hydroxyl groups is 3. The molecule has 0 amide bonds. The zero-order valence-corrected chi connectivity index (χ0v) is 24.1. The summed E-state index contributed by atoms with van der Waals surface area (Å²) in [7, 11) is 0. The van der Waals surface area contributed by atoms with Gasteiger partial charge < -0.3 is 50.2 Å². The van der Waals surface area contributed by atoms with Gasteiger partial charge in [-0.3, -0.25) is 0 Å². The summed E-state index contributed by atoms with van der Waals surface area (Å²) >= 11 is 1.48. The first-order chi connectivity index (χ1) is 17.4. The maximum Gasteiger partial charge on any atom is 2.00 e. The van der Waals surface area contributed by atoms with Crippen molar-refractivity contribution in [3.63, 3.8) is 0 Å². The number of aliphatic hydroxyl groups excluding tert-OH is 3. The first-order valence-corrected chi connectivity index (χ1v) is 13.0. The van der Waals surface area contributed by atoms with Crippen molar-refractivity contribution < 1.29 is 70.7 Å². The van der Waals surface area contributed by atoms with Gasteiger partial charge in [-0.1, -0.05) is 30.0 Å². The number of ether oxygens (including phenoxy) is 1. The third-order valence-electron chi connectivity index (χ3n) is 6.56. The summed E-state index contributed by atoms with van der Waals surface area (Å²) in [6.45, 7) is 1.91. The maximum absolute atomic E-state index is 13.7. The van der Waals surface area contributed by atoms with Crippen LogP contribution in [0.15, 0.2) is 23.4 Å². The van der Waals surface area contributed by atoms with E-state index in [4.69, 9.17) is 9.84 Å². The van der Waals surface area contributed by atoms with Crippen molar-refractivity contribution in [2.24, 2.45) is 0 Å². The number of halogens is 4. The normalized spacial score (nSPS) is 25.5. The molecule has 39 heavy (non-hydrogen) atoms. The molecule has 2 aromatic heterocycles. The summed E-state index contributed by atoms with van der Waals surface area (Å²) in [6.07, 6.45) is -1.04. The third-order valence-corrected chi connectivity index (χ3v) is 7.61. The largest absolute Gasteiger partial charge is 2.00 e. The van der Waals surface area contributed by atoms with Crippen LogP contribution < -0.4 is 30.1 Å². The SMILES string of the molecule is CCCSc1nc(N[C@@H]2C[C@H]2c2ccc(F)c(F)c2)c2nnn([C@@H]3C[C@H](OCCO)[C@@H](O)[C@H]3O)c2n1.[Cl-].[Cl-].[Fe+2]. The standard InChI is InChI=1S/C23H28F2N6O4S.2ClH.Fe/c1-2-7-36-23-27-21(26-15-9-12(15)11-3-4-13(24)14(25)8-11)18-22(28-23)31(30-29-18)16-10-17(35-6-5-32)20(34)19(16)33;;;/h3-4,8,12,15-17,19-20,32-34H,2,5-7,9-10H2,1H3,(H,26,27,28);2*1H;/q;;;+2/p-2/t12-,15+,16+,17-,19-,20+;;;/m0.../s1. The van der Waals surface area contributed by atoms with Crippen LogP contribution >= 0.6 is 11.8 Å². The molecule has 16 heteroatoms. The molecule has 1 aromatic carbocycles. The number of anilines is 1. The molecule has 0 bridgehead atoms. The number of aromatic nitrogens is 5. The van der Waals surface area contributed by atoms with Crippen LogP contribution in [-0.4, -0.2) is 83.6 Å². The summed E-state index contributed by atoms with van der Waals surface area (Å²) in [6, 6.07) is 3.26. The monoisotopic (exact) mass is 648 g/mol. The van der Waals surface area contributed by atoms with Crippen LogP contribution in [-0.2, 0) is 21.8 Å². The molecule has 2 heterocycles. The number of rotatable bonds is 10. The van der Waals surface area contributed by atoms with Gasteiger partial charge in [0.1, 0.15) is 12.2 Å². The Kier molecular flexibility index (Phi) is 12.6. The fraction of sp³-hybridized carbons (Fsp3) is 0.565. The Bertz CT molecular complexity index is 1250. The van der Waals surface area contributed by atoms with E-state index in [-0.39, 0.29) is 73.5 Å². The topological polar surface area (TPSA) is 138 Å². The van der Waals surface area contributed by atoms with Crippen molar-refractivity contribution in [3.05, 3.63) is 35.4 Å². The van der Waals surface area contributed by atoms with Crippen LogP contribution in [0.3, 0.4) is 0 Å². The molecule has 0 saturated heterocycles. The number of thioether (sulfide) groups is 1. The van der Waals surface area contributed by atoms with Crippen LogP contribution in [0.25, 0.3) is 11.2 Å². The first kappa shape index (κ1) is 33.9. The van der Waals surface area contributed by atoms with Gasteiger partial charge in [-0.25, -0.2) is 23.4 Å². The molecule has 4 N–H and O–H groups in total. The molecule has 2 fully saturated rings. The molecule has 2 aliphatic rings. The minimum atomic E-state index is -1.15. The molecular formula is C23H28Cl2F2FeN6O4S. The van der Waals surface area contributed by atoms with E-state index >= 15 is 0 Å². The third kappa shape index (κ3) is 7.11. The zero-order valence-electron chi connectivity index (χ0n) is 20.7. The Labute approximate surface area is 251 Å². The molecule has 2 aliphatic carbocycles. The second kappa shape index (κ2) is 14.5. The summed E-state index contributed by atoms with van der Waals surface area (Å²) in [5.74, 6) is -0.472. The van der Waals surface area contributed by atoms with Gasteiger partial charge in [0, 0.05) is 24.1 Å². The van der Waals surface area contributed by atoms with E-state index in [9.17, 15) is 19.0 Å². The van der Waals surface area contributed by atoms with Crippen molar-refractivity contribution in [1.29, 1.82) is 0 Å². The molecule has 5 rings (SSSR count). The number of nitrogens with one attached hydrogen (secondary N) is 1. The first-order valence-electron chi connectivity index (χ1n) is 12.0. The van der Waals surface area contributed by atoms with Crippen LogP contribution in [0.2, 0.25) is 0 Å². The number of hydrogen-bond acceptors (Lipinski definition) is 10. The van der Waals surface area contributed by atoms with E-state index in [0.717, 1.165) is 24.7 Å². The van der Waals surface area contributed by atoms with Crippen LogP contribution in [0, 0.1) is 11.6 Å². The maximum atomic E-state index is 13.7. The Balaban J connectivity index is 0.00000178. The Morgan fingerprint density at radius 1 is 1.13 bits per heavy atom. The minimum absolute atomic E-state index is 0. The molecule has 2 saturated carbocycles. The quantitative estimate of drug-likeness (QED) is 0.0979. The van der Waals surface area contributed by atoms with Gasteiger partial charge in [-0.05, 0) is 30.5 Å². The van der Waals surface area contributed by atoms with E-state index < -0.39 is 36.0 Å². The second-order valence-electron chi connectivity index (χ2n) is 9.09. The van der Waals surface area contributed by atoms with E-state index in [1.165, 1.54) is 22.5 Å². The van der Waals surface area contributed by atoms with Gasteiger partial charge in [0.25, 0.3) is 0 Å². The van der Waals surface area contributed by atoms with Crippen molar-refractivity contribution in [1.82, 2.24) is 25.0 Å². The van der Waals surface area contributed by atoms with Gasteiger partial charge in [-0.15, -0.1) is 5.10 Å². The summed E-state index contributed by atoms with van der Waals surface area (Å²) in [5, 5.41) is 42.5. The Morgan fingerprint density at radius 3 is 2.59 bits per heavy atom. The Hall–Kier alpha value is -1.35. The predicted molar refractivity (Wildman–Crippen MR) is 128 cm³/mol. The van der Waals surface area contributed by atoms with Crippen molar-refractivity contribution in [3.8, 4) is 0 Å². The van der Waals surface area contributed by atoms with Crippen LogP contribution in [0.4, 0.5) is 14.6 Å². The zero-order chi connectivity index (χ0) is 25.4. The van der Waals surface area contributed by atoms with Gasteiger partial charge in [0.2, 0.25) is 0 Å². The summed E-state index contributed by atoms with van der Waals surface area (Å²) in [5.41, 5.74) is 1.53. The van der Waals surface area contributed by atoms with Crippen molar-refractivity contribution >= 4 is 28.7 Å². The number of benzene rings is 1. The van der Waals surface area contributed by atoms with Gasteiger partial charge in [0.15, 0.2) is 33.8 Å². The summed E-state index contributed by atoms with van der Waals surface area (Å²) < 4.78 is 34.0. The van der Waals surface area contributed by atoms with E-state index in [1.54, 1.807) is 6.07 Å². The molecule has 3 aromatic rings. The number of fused-ring (bicyclic) bond motifs is 1. The van der Waals surface area contributed by atoms with Gasteiger partial charge in [-0.2, -0.15) is 0 Å². The van der Waals surface area contributed by atoms with Crippen molar-refractivity contribution in [2.45, 2.75) is 67.7 Å². The molecule has 10 nitrogen and oxygen atoms in total. The molecule has 0 unspecified atom stereocenters. The van der Waals surface area contributed by atoms with Gasteiger partial charge >= 0.3 is 17.1 Å².